The minimum Gasteiger partial charge on any atom is -0.256 e. The van der Waals surface area contributed by atoms with Crippen molar-refractivity contribution >= 4 is 33.8 Å². The number of fused-ring (bicyclic) bond motifs is 1. The molecule has 16 heavy (non-hydrogen) atoms. The van der Waals surface area contributed by atoms with E-state index in [9.17, 15) is 0 Å². The molecule has 0 amide bonds. The highest BCUT2D eigenvalue weighted by atomic mass is 35.5. The fourth-order valence-corrected chi connectivity index (χ4v) is 2.57. The van der Waals surface area contributed by atoms with Gasteiger partial charge in [-0.25, -0.2) is 0 Å². The SMILES string of the molecule is Clc1ccc2ncc(-c3cccs3)cc2c1. The zero-order valence-electron chi connectivity index (χ0n) is 8.35. The predicted octanol–water partition coefficient (Wildman–Crippen LogP) is 4.62. The number of hydrogen-bond acceptors (Lipinski definition) is 2. The summed E-state index contributed by atoms with van der Waals surface area (Å²) in [6, 6.07) is 12.0. The number of nitrogens with zero attached hydrogens (tertiary/aromatic N) is 1. The average molecular weight is 246 g/mol. The zero-order valence-corrected chi connectivity index (χ0v) is 9.92. The number of halogens is 1. The van der Waals surface area contributed by atoms with Crippen molar-refractivity contribution in [3.63, 3.8) is 0 Å². The van der Waals surface area contributed by atoms with E-state index in [0.29, 0.717) is 0 Å². The molecule has 0 N–H and O–H groups in total. The van der Waals surface area contributed by atoms with Gasteiger partial charge >= 0.3 is 0 Å². The molecule has 3 heteroatoms. The smallest absolute Gasteiger partial charge is 0.0703 e. The van der Waals surface area contributed by atoms with Crippen molar-refractivity contribution in [2.75, 3.05) is 0 Å². The molecule has 0 aliphatic heterocycles. The second-order valence-electron chi connectivity index (χ2n) is 3.54. The van der Waals surface area contributed by atoms with Crippen LogP contribution in [0.3, 0.4) is 0 Å². The van der Waals surface area contributed by atoms with Crippen molar-refractivity contribution in [2.45, 2.75) is 0 Å². The molecule has 0 aliphatic rings. The molecule has 0 aliphatic carbocycles. The van der Waals surface area contributed by atoms with Crippen LogP contribution in [0.15, 0.2) is 48.0 Å². The van der Waals surface area contributed by atoms with Crippen LogP contribution in [0, 0.1) is 0 Å². The lowest BCUT2D eigenvalue weighted by molar-refractivity contribution is 1.42. The molecule has 3 aromatic rings. The summed E-state index contributed by atoms with van der Waals surface area (Å²) in [7, 11) is 0. The van der Waals surface area contributed by atoms with E-state index in [4.69, 9.17) is 11.6 Å². The van der Waals surface area contributed by atoms with Crippen molar-refractivity contribution in [1.29, 1.82) is 0 Å². The van der Waals surface area contributed by atoms with Gasteiger partial charge in [0.05, 0.1) is 5.52 Å². The summed E-state index contributed by atoms with van der Waals surface area (Å²) in [6.45, 7) is 0. The maximum absolute atomic E-state index is 5.97. The van der Waals surface area contributed by atoms with E-state index in [1.165, 1.54) is 4.88 Å². The standard InChI is InChI=1S/C13H8ClNS/c14-11-3-4-12-9(7-11)6-10(8-15-12)13-2-1-5-16-13/h1-8H. The van der Waals surface area contributed by atoms with Gasteiger partial charge in [0.25, 0.3) is 0 Å². The van der Waals surface area contributed by atoms with Crippen molar-refractivity contribution in [3.05, 3.63) is 53.0 Å². The summed E-state index contributed by atoms with van der Waals surface area (Å²) < 4.78 is 0. The van der Waals surface area contributed by atoms with Crippen LogP contribution in [0.4, 0.5) is 0 Å². The molecule has 0 unspecified atom stereocenters. The Morgan fingerprint density at radius 3 is 2.88 bits per heavy atom. The number of hydrogen-bond donors (Lipinski definition) is 0. The van der Waals surface area contributed by atoms with Crippen LogP contribution < -0.4 is 0 Å². The lowest BCUT2D eigenvalue weighted by Gasteiger charge is -2.01. The first-order valence-corrected chi connectivity index (χ1v) is 6.18. The van der Waals surface area contributed by atoms with E-state index < -0.39 is 0 Å². The molecule has 0 radical (unpaired) electrons. The molecular weight excluding hydrogens is 238 g/mol. The monoisotopic (exact) mass is 245 g/mol. The van der Waals surface area contributed by atoms with Gasteiger partial charge in [-0.15, -0.1) is 11.3 Å². The van der Waals surface area contributed by atoms with Crippen LogP contribution in [-0.4, -0.2) is 4.98 Å². The van der Waals surface area contributed by atoms with Gasteiger partial charge in [-0.3, -0.25) is 4.98 Å². The van der Waals surface area contributed by atoms with Crippen molar-refractivity contribution in [2.24, 2.45) is 0 Å². The Kier molecular flexibility index (Phi) is 2.39. The molecule has 1 nitrogen and oxygen atoms in total. The molecule has 0 spiro atoms. The van der Waals surface area contributed by atoms with Crippen molar-refractivity contribution < 1.29 is 0 Å². The second kappa shape index (κ2) is 3.89. The van der Waals surface area contributed by atoms with Crippen LogP contribution in [0.25, 0.3) is 21.3 Å². The summed E-state index contributed by atoms with van der Waals surface area (Å²) in [5.41, 5.74) is 2.12. The molecule has 0 bridgehead atoms. The van der Waals surface area contributed by atoms with Crippen molar-refractivity contribution in [1.82, 2.24) is 4.98 Å². The maximum atomic E-state index is 5.97. The summed E-state index contributed by atoms with van der Waals surface area (Å²) >= 11 is 7.69. The summed E-state index contributed by atoms with van der Waals surface area (Å²) in [5, 5.41) is 3.90. The summed E-state index contributed by atoms with van der Waals surface area (Å²) in [4.78, 5) is 5.66. The van der Waals surface area contributed by atoms with Gasteiger partial charge in [0.2, 0.25) is 0 Å². The van der Waals surface area contributed by atoms with Crippen LogP contribution in [-0.2, 0) is 0 Å². The fraction of sp³-hybridized carbons (Fsp3) is 0. The lowest BCUT2D eigenvalue weighted by Crippen LogP contribution is -1.80. The first-order chi connectivity index (χ1) is 7.83. The van der Waals surface area contributed by atoms with Crippen LogP contribution in [0.5, 0.6) is 0 Å². The van der Waals surface area contributed by atoms with Crippen molar-refractivity contribution in [3.8, 4) is 10.4 Å². The van der Waals surface area contributed by atoms with E-state index >= 15 is 0 Å². The third-order valence-electron chi connectivity index (χ3n) is 2.45. The largest absolute Gasteiger partial charge is 0.256 e. The molecule has 0 saturated carbocycles. The van der Waals surface area contributed by atoms with Crippen LogP contribution >= 0.6 is 22.9 Å². The highest BCUT2D eigenvalue weighted by Crippen LogP contribution is 2.27. The highest BCUT2D eigenvalue weighted by molar-refractivity contribution is 7.13. The van der Waals surface area contributed by atoms with Gasteiger partial charge in [0.15, 0.2) is 0 Å². The molecule has 0 fully saturated rings. The van der Waals surface area contributed by atoms with E-state index in [1.54, 1.807) is 11.3 Å². The predicted molar refractivity (Wildman–Crippen MR) is 70.1 cm³/mol. The second-order valence-corrected chi connectivity index (χ2v) is 4.92. The molecule has 0 atom stereocenters. The van der Waals surface area contributed by atoms with E-state index in [0.717, 1.165) is 21.5 Å². The molecule has 2 aromatic heterocycles. The molecule has 3 rings (SSSR count). The Balaban J connectivity index is 2.22. The Hall–Kier alpha value is -1.38. The molecule has 78 valence electrons. The first-order valence-electron chi connectivity index (χ1n) is 4.92. The first kappa shape index (κ1) is 9.82. The Labute approximate surface area is 102 Å². The summed E-state index contributed by atoms with van der Waals surface area (Å²) in [6.07, 6.45) is 1.90. The van der Waals surface area contributed by atoms with Crippen LogP contribution in [0.2, 0.25) is 5.02 Å². The molecule has 0 saturated heterocycles. The Morgan fingerprint density at radius 1 is 1.12 bits per heavy atom. The van der Waals surface area contributed by atoms with Crippen LogP contribution in [0.1, 0.15) is 0 Å². The van der Waals surface area contributed by atoms with Gasteiger partial charge in [0, 0.05) is 27.0 Å². The molecule has 1 aromatic carbocycles. The van der Waals surface area contributed by atoms with Gasteiger partial charge in [-0.1, -0.05) is 17.7 Å². The number of thiophene rings is 1. The molecular formula is C13H8ClNS. The van der Waals surface area contributed by atoms with Gasteiger partial charge < -0.3 is 0 Å². The topological polar surface area (TPSA) is 12.9 Å². The van der Waals surface area contributed by atoms with E-state index in [2.05, 4.69) is 22.5 Å². The van der Waals surface area contributed by atoms with Gasteiger partial charge in [-0.05, 0) is 35.7 Å². The van der Waals surface area contributed by atoms with E-state index in [-0.39, 0.29) is 0 Å². The number of pyridine rings is 1. The maximum Gasteiger partial charge on any atom is 0.0703 e. The average Bonchev–Trinajstić information content (AvgIpc) is 2.81. The highest BCUT2D eigenvalue weighted by Gasteiger charge is 2.01. The third kappa shape index (κ3) is 1.70. The number of aromatic nitrogens is 1. The quantitative estimate of drug-likeness (QED) is 0.610. The fourth-order valence-electron chi connectivity index (χ4n) is 1.68. The minimum absolute atomic E-state index is 0.748. The minimum atomic E-state index is 0.748. The van der Waals surface area contributed by atoms with Gasteiger partial charge in [0.1, 0.15) is 0 Å². The van der Waals surface area contributed by atoms with E-state index in [1.807, 2.05) is 30.5 Å². The third-order valence-corrected chi connectivity index (χ3v) is 3.60. The normalized spacial score (nSPS) is 10.8. The number of rotatable bonds is 1. The Bertz CT molecular complexity index is 631. The molecule has 2 heterocycles. The Morgan fingerprint density at radius 2 is 2.06 bits per heavy atom. The number of benzene rings is 1. The summed E-state index contributed by atoms with van der Waals surface area (Å²) in [5.74, 6) is 0. The van der Waals surface area contributed by atoms with Gasteiger partial charge in [-0.2, -0.15) is 0 Å². The zero-order chi connectivity index (χ0) is 11.0. The lowest BCUT2D eigenvalue weighted by atomic mass is 10.1.